The van der Waals surface area contributed by atoms with Crippen LogP contribution in [0.5, 0.6) is 0 Å². The van der Waals surface area contributed by atoms with Gasteiger partial charge in [-0.1, -0.05) is 40.5 Å². The molecule has 2 saturated heterocycles. The summed E-state index contributed by atoms with van der Waals surface area (Å²) in [5.41, 5.74) is 2.90. The molecule has 4 heterocycles. The predicted octanol–water partition coefficient (Wildman–Crippen LogP) is 7.02. The lowest BCUT2D eigenvalue weighted by molar-refractivity contribution is -0.151. The molecule has 0 amide bonds. The second kappa shape index (κ2) is 10.2. The van der Waals surface area contributed by atoms with E-state index in [1.165, 1.54) is 6.42 Å². The lowest BCUT2D eigenvalue weighted by Crippen LogP contribution is -2.40. The molecule has 1 aromatic carbocycles. The largest absolute Gasteiger partial charge is 0.465 e. The summed E-state index contributed by atoms with van der Waals surface area (Å²) in [6.45, 7) is 4.84. The lowest BCUT2D eigenvalue weighted by Gasteiger charge is -2.25. The first-order valence-electron chi connectivity index (χ1n) is 14.2. The molecule has 0 radical (unpaired) electrons. The number of aromatic nitrogens is 2. The summed E-state index contributed by atoms with van der Waals surface area (Å²) < 4.78 is 11.2. The maximum absolute atomic E-state index is 12.6. The Morgan fingerprint density at radius 1 is 1.25 bits per heavy atom. The fourth-order valence-electron chi connectivity index (χ4n) is 6.63. The Labute approximate surface area is 247 Å². The van der Waals surface area contributed by atoms with E-state index in [9.17, 15) is 4.79 Å². The minimum Gasteiger partial charge on any atom is -0.465 e. The van der Waals surface area contributed by atoms with Gasteiger partial charge in [0.25, 0.3) is 0 Å². The van der Waals surface area contributed by atoms with Gasteiger partial charge in [0.1, 0.15) is 11.5 Å². The Balaban J connectivity index is 1.10. The van der Waals surface area contributed by atoms with Crippen LogP contribution in [0.1, 0.15) is 73.8 Å². The van der Waals surface area contributed by atoms with Crippen LogP contribution >= 0.6 is 34.5 Å². The van der Waals surface area contributed by atoms with Crippen LogP contribution in [0.3, 0.4) is 0 Å². The normalized spacial score (nSPS) is 26.9. The van der Waals surface area contributed by atoms with Crippen LogP contribution in [0, 0.1) is 5.41 Å². The number of hydrogen-bond acceptors (Lipinski definition) is 8. The highest BCUT2D eigenvalue weighted by Crippen LogP contribution is 2.48. The summed E-state index contributed by atoms with van der Waals surface area (Å²) in [5, 5.41) is 10.5. The summed E-state index contributed by atoms with van der Waals surface area (Å²) in [4.78, 5) is 21.3. The highest BCUT2D eigenvalue weighted by molar-refractivity contribution is 7.15. The predicted molar refractivity (Wildman–Crippen MR) is 158 cm³/mol. The Morgan fingerprint density at radius 3 is 2.80 bits per heavy atom. The van der Waals surface area contributed by atoms with Crippen molar-refractivity contribution in [2.24, 2.45) is 5.41 Å². The highest BCUT2D eigenvalue weighted by atomic mass is 35.5. The van der Waals surface area contributed by atoms with Gasteiger partial charge in [-0.05, 0) is 64.2 Å². The second-order valence-corrected chi connectivity index (χ2v) is 13.5. The minimum atomic E-state index is -0.638. The van der Waals surface area contributed by atoms with Crippen molar-refractivity contribution in [3.8, 4) is 11.3 Å². The van der Waals surface area contributed by atoms with Gasteiger partial charge in [0.15, 0.2) is 5.13 Å². The number of fused-ring (bicyclic) bond motifs is 3. The number of halogens is 2. The first-order valence-corrected chi connectivity index (χ1v) is 15.7. The molecule has 3 fully saturated rings. The van der Waals surface area contributed by atoms with E-state index in [1.54, 1.807) is 11.3 Å². The van der Waals surface area contributed by atoms with Crippen molar-refractivity contribution in [2.75, 3.05) is 11.5 Å². The van der Waals surface area contributed by atoms with Crippen molar-refractivity contribution in [1.29, 1.82) is 0 Å². The number of thiazole rings is 1. The molecule has 3 aromatic rings. The Kier molecular flexibility index (Phi) is 6.73. The van der Waals surface area contributed by atoms with Crippen molar-refractivity contribution >= 4 is 51.7 Å². The van der Waals surface area contributed by atoms with Crippen molar-refractivity contribution < 1.29 is 14.1 Å². The number of rotatable bonds is 8. The van der Waals surface area contributed by atoms with Crippen molar-refractivity contribution in [3.05, 3.63) is 56.2 Å². The molecule has 2 bridgehead atoms. The summed E-state index contributed by atoms with van der Waals surface area (Å²) in [6, 6.07) is 6.69. The summed E-state index contributed by atoms with van der Waals surface area (Å²) in [7, 11) is 0. The summed E-state index contributed by atoms with van der Waals surface area (Å²) >= 11 is 14.9. The average Bonchev–Trinajstić information content (AvgIpc) is 3.24. The molecule has 0 spiro atoms. The van der Waals surface area contributed by atoms with E-state index in [1.807, 2.05) is 44.2 Å². The number of hydrogen-bond donors (Lipinski definition) is 1. The molecule has 10 heteroatoms. The van der Waals surface area contributed by atoms with Gasteiger partial charge in [-0.3, -0.25) is 4.79 Å². The Bertz CT molecular complexity index is 1480. The third-order valence-corrected chi connectivity index (χ3v) is 10.6. The SMILES string of the molecule is CCOC(=O)C1(C)C=Cc2nc(N3C4CCC3C(NCc3c(-c5c(Cl)cccc5Cl)noc3C3CC3)C4)sc2C1. The van der Waals surface area contributed by atoms with Crippen molar-refractivity contribution in [3.63, 3.8) is 0 Å². The second-order valence-electron chi connectivity index (χ2n) is 11.6. The van der Waals surface area contributed by atoms with E-state index in [-0.39, 0.29) is 5.97 Å². The molecule has 2 aromatic heterocycles. The molecule has 4 unspecified atom stereocenters. The Hall–Kier alpha value is -2.39. The van der Waals surface area contributed by atoms with Gasteiger partial charge < -0.3 is 19.5 Å². The smallest absolute Gasteiger partial charge is 0.316 e. The van der Waals surface area contributed by atoms with E-state index in [0.717, 1.165) is 64.0 Å². The topological polar surface area (TPSA) is 80.5 Å². The van der Waals surface area contributed by atoms with Gasteiger partial charge in [-0.2, -0.15) is 0 Å². The van der Waals surface area contributed by atoms with Gasteiger partial charge in [-0.15, -0.1) is 11.3 Å². The average molecular weight is 600 g/mol. The molecule has 1 saturated carbocycles. The van der Waals surface area contributed by atoms with E-state index in [0.29, 0.717) is 53.7 Å². The quantitative estimate of drug-likeness (QED) is 0.279. The molecular weight excluding hydrogens is 567 g/mol. The zero-order valence-electron chi connectivity index (χ0n) is 22.6. The first-order chi connectivity index (χ1) is 19.4. The third kappa shape index (κ3) is 4.48. The molecule has 40 heavy (non-hydrogen) atoms. The van der Waals surface area contributed by atoms with Crippen molar-refractivity contribution in [1.82, 2.24) is 15.5 Å². The zero-order valence-corrected chi connectivity index (χ0v) is 24.9. The molecule has 2 aliphatic carbocycles. The minimum absolute atomic E-state index is 0.172. The molecule has 4 aliphatic rings. The third-order valence-electron chi connectivity index (χ3n) is 8.86. The van der Waals surface area contributed by atoms with E-state index in [2.05, 4.69) is 15.4 Å². The number of carbonyl (C=O) groups is 1. The van der Waals surface area contributed by atoms with E-state index in [4.69, 9.17) is 37.4 Å². The van der Waals surface area contributed by atoms with Crippen LogP contribution < -0.4 is 10.2 Å². The number of anilines is 1. The van der Waals surface area contributed by atoms with Crippen LogP contribution in [0.25, 0.3) is 17.3 Å². The van der Waals surface area contributed by atoms with Gasteiger partial charge >= 0.3 is 5.97 Å². The van der Waals surface area contributed by atoms with Crippen LogP contribution in [0.2, 0.25) is 10.0 Å². The fourth-order valence-corrected chi connectivity index (χ4v) is 8.55. The summed E-state index contributed by atoms with van der Waals surface area (Å²) in [5.74, 6) is 1.21. The number of nitrogens with zero attached hydrogens (tertiary/aromatic N) is 3. The molecule has 4 atom stereocenters. The maximum atomic E-state index is 12.6. The molecule has 1 N–H and O–H groups in total. The molecule has 7 nitrogen and oxygen atoms in total. The monoisotopic (exact) mass is 598 g/mol. The van der Waals surface area contributed by atoms with Gasteiger partial charge in [0, 0.05) is 53.0 Å². The van der Waals surface area contributed by atoms with Crippen molar-refractivity contribution in [2.45, 2.75) is 83.0 Å². The number of esters is 1. The number of carbonyl (C=O) groups excluding carboxylic acids is 1. The summed E-state index contributed by atoms with van der Waals surface area (Å²) in [6.07, 6.45) is 10.2. The maximum Gasteiger partial charge on any atom is 0.316 e. The highest BCUT2D eigenvalue weighted by Gasteiger charge is 2.48. The molecular formula is C30H32Cl2N4O3S. The zero-order chi connectivity index (χ0) is 27.6. The van der Waals surface area contributed by atoms with Crippen LogP contribution in [0.15, 0.2) is 28.8 Å². The van der Waals surface area contributed by atoms with Gasteiger partial charge in [0.2, 0.25) is 0 Å². The molecule has 2 aliphatic heterocycles. The van der Waals surface area contributed by atoms with Crippen LogP contribution in [0.4, 0.5) is 5.13 Å². The van der Waals surface area contributed by atoms with E-state index < -0.39 is 5.41 Å². The Morgan fingerprint density at radius 2 is 2.05 bits per heavy atom. The number of benzene rings is 1. The first kappa shape index (κ1) is 26.5. The van der Waals surface area contributed by atoms with Crippen LogP contribution in [-0.4, -0.2) is 40.8 Å². The number of ether oxygens (including phenoxy) is 1. The standard InChI is InChI=1S/C30H32Cl2N4O3S/c1-3-38-28(37)30(2)12-11-21-24(14-30)40-29(34-21)36-17-9-10-23(36)22(13-17)33-15-18-26(35-39-27(18)16-7-8-16)25-19(31)5-4-6-20(25)32/h4-6,11-12,16-17,22-23,33H,3,7-10,13-15H2,1-2H3. The molecule has 7 rings (SSSR count). The van der Waals surface area contributed by atoms with E-state index >= 15 is 0 Å². The lowest BCUT2D eigenvalue weighted by atomic mass is 9.82. The van der Waals surface area contributed by atoms with Crippen LogP contribution in [-0.2, 0) is 22.5 Å². The number of nitrogens with one attached hydrogen (secondary N) is 1. The van der Waals surface area contributed by atoms with Gasteiger partial charge in [0.05, 0.1) is 27.8 Å². The fraction of sp³-hybridized carbons (Fsp3) is 0.500. The molecule has 210 valence electrons. The van der Waals surface area contributed by atoms with Gasteiger partial charge in [-0.25, -0.2) is 4.98 Å².